The zero-order chi connectivity index (χ0) is 31.6. The molecule has 2 aromatic rings. The second-order valence-corrected chi connectivity index (χ2v) is 13.0. The quantitative estimate of drug-likeness (QED) is 0.128. The van der Waals surface area contributed by atoms with Gasteiger partial charge in [0.05, 0.1) is 42.1 Å². The second-order valence-electron chi connectivity index (χ2n) is 10.7. The molecule has 43 heavy (non-hydrogen) atoms. The number of hydrogen-bond acceptors (Lipinski definition) is 12. The number of carbonyl (C=O) groups is 3. The minimum Gasteiger partial charge on any atom is -0.507 e. The summed E-state index contributed by atoms with van der Waals surface area (Å²) in [6, 6.07) is 3.45. The van der Waals surface area contributed by atoms with Crippen molar-refractivity contribution >= 4 is 52.2 Å². The highest BCUT2D eigenvalue weighted by Gasteiger charge is 2.50. The molecule has 1 aliphatic heterocycles. The molecule has 0 aromatic heterocycles. The van der Waals surface area contributed by atoms with Crippen LogP contribution in [-0.2, 0) is 20.7 Å². The van der Waals surface area contributed by atoms with E-state index < -0.39 is 99.6 Å². The van der Waals surface area contributed by atoms with E-state index in [0.29, 0.717) is 0 Å². The fraction of sp³-hybridized carbons (Fsp3) is 0.464. The Labute approximate surface area is 260 Å². The minimum atomic E-state index is -2.30. The normalized spacial score (nSPS) is 28.6. The number of ketones is 3. The summed E-state index contributed by atoms with van der Waals surface area (Å²) in [6.07, 6.45) is -5.88. The molecule has 4 unspecified atom stereocenters. The summed E-state index contributed by atoms with van der Waals surface area (Å²) in [5, 5.41) is 57.2. The van der Waals surface area contributed by atoms with E-state index in [0.717, 1.165) is 0 Å². The summed E-state index contributed by atoms with van der Waals surface area (Å²) in [4.78, 5) is 40.1. The van der Waals surface area contributed by atoms with E-state index in [1.165, 1.54) is 32.2 Å². The third-order valence-electron chi connectivity index (χ3n) is 8.11. The maximum Gasteiger partial charge on any atom is 0.245 e. The molecule has 232 valence electrons. The molecule has 5 rings (SSSR count). The smallest absolute Gasteiger partial charge is 0.245 e. The summed E-state index contributed by atoms with van der Waals surface area (Å²) >= 11 is 17.6. The fourth-order valence-corrected chi connectivity index (χ4v) is 6.49. The van der Waals surface area contributed by atoms with Crippen LogP contribution in [0, 0.1) is 0 Å². The van der Waals surface area contributed by atoms with Crippen molar-refractivity contribution in [3.63, 3.8) is 0 Å². The number of halogens is 3. The minimum absolute atomic E-state index is 0.0736. The van der Waals surface area contributed by atoms with E-state index in [1.54, 1.807) is 0 Å². The molecule has 0 saturated carbocycles. The number of carbonyl (C=O) groups excluding carboxylic acids is 3. The van der Waals surface area contributed by atoms with Crippen molar-refractivity contribution in [1.82, 2.24) is 5.32 Å². The number of methoxy groups -OCH3 is 1. The van der Waals surface area contributed by atoms with Gasteiger partial charge in [0, 0.05) is 42.0 Å². The van der Waals surface area contributed by atoms with Crippen LogP contribution in [0.2, 0.25) is 0 Å². The van der Waals surface area contributed by atoms with E-state index in [2.05, 4.69) is 5.32 Å². The van der Waals surface area contributed by atoms with Crippen LogP contribution in [0.3, 0.4) is 0 Å². The van der Waals surface area contributed by atoms with E-state index in [1.807, 2.05) is 0 Å². The number of benzene rings is 2. The number of alkyl halides is 3. The van der Waals surface area contributed by atoms with Crippen LogP contribution in [0.15, 0.2) is 18.2 Å². The molecular formula is C28H28Cl3NO11. The first-order chi connectivity index (χ1) is 20.1. The average molecular weight is 661 g/mol. The first-order valence-corrected chi connectivity index (χ1v) is 14.3. The summed E-state index contributed by atoms with van der Waals surface area (Å²) in [7, 11) is 1.31. The van der Waals surface area contributed by atoms with Crippen LogP contribution in [0.25, 0.3) is 0 Å². The molecule has 1 heterocycles. The number of Topliss-reactive ketones (excluding diaryl/α,β-unsaturated/α-hetero) is 1. The Balaban J connectivity index is 1.64. The number of rotatable bonds is 6. The molecule has 0 amide bonds. The van der Waals surface area contributed by atoms with Crippen LogP contribution in [-0.4, -0.2) is 90.7 Å². The van der Waals surface area contributed by atoms with E-state index in [-0.39, 0.29) is 34.4 Å². The number of ether oxygens (including phenoxy) is 3. The molecule has 6 N–H and O–H groups in total. The van der Waals surface area contributed by atoms with Crippen molar-refractivity contribution in [2.45, 2.75) is 66.3 Å². The first kappa shape index (κ1) is 31.9. The van der Waals surface area contributed by atoms with E-state index in [9.17, 15) is 39.9 Å². The predicted octanol–water partition coefficient (Wildman–Crippen LogP) is 1.96. The van der Waals surface area contributed by atoms with Crippen molar-refractivity contribution in [2.75, 3.05) is 13.7 Å². The van der Waals surface area contributed by atoms with Gasteiger partial charge in [0.1, 0.15) is 29.5 Å². The topological polar surface area (TPSA) is 192 Å². The van der Waals surface area contributed by atoms with Gasteiger partial charge >= 0.3 is 0 Å². The molecule has 15 heteroatoms. The van der Waals surface area contributed by atoms with Gasteiger partial charge in [-0.15, -0.1) is 0 Å². The number of phenols is 2. The number of aliphatic hydroxyl groups excluding tert-OH is 2. The zero-order valence-electron chi connectivity index (χ0n) is 22.8. The van der Waals surface area contributed by atoms with Crippen molar-refractivity contribution in [3.05, 3.63) is 51.6 Å². The lowest BCUT2D eigenvalue weighted by atomic mass is 9.72. The third kappa shape index (κ3) is 5.49. The summed E-state index contributed by atoms with van der Waals surface area (Å²) < 4.78 is 15.2. The van der Waals surface area contributed by atoms with Gasteiger partial charge < -0.3 is 39.7 Å². The van der Waals surface area contributed by atoms with Gasteiger partial charge in [-0.1, -0.05) is 46.9 Å². The zero-order valence-corrected chi connectivity index (χ0v) is 25.0. The van der Waals surface area contributed by atoms with Gasteiger partial charge in [0.15, 0.2) is 17.9 Å². The number of nitrogens with one attached hydrogen (secondary N) is 1. The number of fused-ring (bicyclic) bond motifs is 3. The highest BCUT2D eigenvalue weighted by molar-refractivity contribution is 6.67. The number of phenolic OH excluding ortho intramolecular Hbond substituents is 2. The van der Waals surface area contributed by atoms with Crippen LogP contribution >= 0.6 is 34.8 Å². The number of hydrogen-bond donors (Lipinski definition) is 6. The Morgan fingerprint density at radius 2 is 1.81 bits per heavy atom. The van der Waals surface area contributed by atoms with Crippen molar-refractivity contribution in [1.29, 1.82) is 0 Å². The molecular weight excluding hydrogens is 633 g/mol. The number of aromatic hydroxyl groups is 2. The molecule has 3 aliphatic rings. The van der Waals surface area contributed by atoms with Crippen molar-refractivity contribution in [2.24, 2.45) is 0 Å². The molecule has 2 aromatic carbocycles. The Hall–Kier alpha value is -2.52. The summed E-state index contributed by atoms with van der Waals surface area (Å²) in [5.74, 6) is -3.98. The predicted molar refractivity (Wildman–Crippen MR) is 151 cm³/mol. The molecule has 1 fully saturated rings. The van der Waals surface area contributed by atoms with Gasteiger partial charge in [-0.25, -0.2) is 0 Å². The largest absolute Gasteiger partial charge is 0.507 e. The van der Waals surface area contributed by atoms with Gasteiger partial charge in [0.25, 0.3) is 0 Å². The highest BCUT2D eigenvalue weighted by Crippen LogP contribution is 2.52. The SMILES string of the molecule is COc1cccc2c1C(=O)c1c(O)c3c(c(O)c1C2=O)C[C@@](O)(C(=O)CO)C[C@@H]3OC1CC(NC(Cl)(Cl)Cl)C(O)C(C)O1. The Bertz CT molecular complexity index is 1510. The van der Waals surface area contributed by atoms with E-state index >= 15 is 0 Å². The summed E-state index contributed by atoms with van der Waals surface area (Å²) in [6.45, 7) is 0.474. The maximum absolute atomic E-state index is 13.7. The average Bonchev–Trinajstić information content (AvgIpc) is 2.94. The van der Waals surface area contributed by atoms with Crippen LogP contribution in [0.4, 0.5) is 0 Å². The lowest BCUT2D eigenvalue weighted by molar-refractivity contribution is -0.250. The lowest BCUT2D eigenvalue weighted by Gasteiger charge is -2.43. The summed E-state index contributed by atoms with van der Waals surface area (Å²) in [5.41, 5.74) is -3.91. The molecule has 0 spiro atoms. The molecule has 1 saturated heterocycles. The maximum atomic E-state index is 13.7. The van der Waals surface area contributed by atoms with Gasteiger partial charge in [-0.05, 0) is 13.0 Å². The van der Waals surface area contributed by atoms with Crippen molar-refractivity contribution in [3.8, 4) is 17.2 Å². The van der Waals surface area contributed by atoms with Crippen molar-refractivity contribution < 1.29 is 54.1 Å². The third-order valence-corrected chi connectivity index (χ3v) is 8.44. The molecule has 2 aliphatic carbocycles. The molecule has 12 nitrogen and oxygen atoms in total. The van der Waals surface area contributed by atoms with Gasteiger partial charge in [-0.2, -0.15) is 0 Å². The van der Waals surface area contributed by atoms with Crippen LogP contribution in [0.5, 0.6) is 17.2 Å². The van der Waals surface area contributed by atoms with E-state index in [4.69, 9.17) is 49.0 Å². The first-order valence-electron chi connectivity index (χ1n) is 13.2. The van der Waals surface area contributed by atoms with Crippen LogP contribution in [0.1, 0.15) is 68.8 Å². The Morgan fingerprint density at radius 3 is 2.44 bits per heavy atom. The highest BCUT2D eigenvalue weighted by atomic mass is 35.6. The van der Waals surface area contributed by atoms with Crippen LogP contribution < -0.4 is 10.1 Å². The number of aliphatic hydroxyl groups is 3. The van der Waals surface area contributed by atoms with Gasteiger partial charge in [0.2, 0.25) is 9.70 Å². The Morgan fingerprint density at radius 1 is 1.14 bits per heavy atom. The lowest BCUT2D eigenvalue weighted by Crippen LogP contribution is -2.57. The molecule has 6 atom stereocenters. The second kappa shape index (κ2) is 11.4. The standard InChI is InChI=1S/C28H28Cl3NO11/c1-10-22(35)13(32-28(29,30)31)6-17(42-10)43-15-8-27(40,16(34)9-33)7-12-19(15)26(39)21-20(24(12)37)23(36)11-4-3-5-14(41-2)18(11)25(21)38/h3-5,10,13,15,17,22,32-33,35,37,39-40H,6-9H2,1-2H3/t10?,13?,15-,17?,22?,27-/m0/s1. The molecule has 0 radical (unpaired) electrons. The fourth-order valence-electron chi connectivity index (χ4n) is 6.07. The molecule has 0 bridgehead atoms. The van der Waals surface area contributed by atoms with Gasteiger partial charge in [-0.3, -0.25) is 19.7 Å². The monoisotopic (exact) mass is 659 g/mol. The Kier molecular flexibility index (Phi) is 8.49.